The Kier molecular flexibility index (Phi) is 5.97. The molecule has 0 radical (unpaired) electrons. The summed E-state index contributed by atoms with van der Waals surface area (Å²) in [4.78, 5) is 12.3. The maximum absolute atomic E-state index is 12.8. The zero-order valence-corrected chi connectivity index (χ0v) is 18.6. The molecule has 2 aromatic carbocycles. The fourth-order valence-electron chi connectivity index (χ4n) is 2.95. The van der Waals surface area contributed by atoms with Crippen LogP contribution in [0.15, 0.2) is 65.7 Å². The standard InChI is InChI=1S/C21H18ClN5O4S/c1-30-20-12-19(25-21(26-20)31-2)27-32(28,29)15-6-4-14(5-7-15)24-17-9-10-23-18-11-13(22)3-8-16(17)18/h3-12H,1-2H3,(H,23,24)(H,25,26,27). The van der Waals surface area contributed by atoms with Gasteiger partial charge in [-0.2, -0.15) is 9.97 Å². The highest BCUT2D eigenvalue weighted by molar-refractivity contribution is 7.92. The molecule has 32 heavy (non-hydrogen) atoms. The molecule has 164 valence electrons. The van der Waals surface area contributed by atoms with Crippen LogP contribution in [0.2, 0.25) is 5.02 Å². The largest absolute Gasteiger partial charge is 0.481 e. The molecule has 9 nitrogen and oxygen atoms in total. The third-order valence-electron chi connectivity index (χ3n) is 4.46. The molecule has 0 aliphatic carbocycles. The summed E-state index contributed by atoms with van der Waals surface area (Å²) in [5, 5.41) is 4.76. The number of aromatic nitrogens is 3. The van der Waals surface area contributed by atoms with Gasteiger partial charge >= 0.3 is 6.01 Å². The van der Waals surface area contributed by atoms with Crippen molar-refractivity contribution in [2.75, 3.05) is 24.3 Å². The van der Waals surface area contributed by atoms with E-state index in [9.17, 15) is 8.42 Å². The predicted molar refractivity (Wildman–Crippen MR) is 122 cm³/mol. The Hall–Kier alpha value is -3.63. The number of benzene rings is 2. The van der Waals surface area contributed by atoms with Gasteiger partial charge in [-0.05, 0) is 48.5 Å². The van der Waals surface area contributed by atoms with E-state index >= 15 is 0 Å². The third kappa shape index (κ3) is 4.66. The van der Waals surface area contributed by atoms with Gasteiger partial charge in [0.05, 0.1) is 24.6 Å². The van der Waals surface area contributed by atoms with Gasteiger partial charge in [0, 0.05) is 34.0 Å². The maximum atomic E-state index is 12.8. The average Bonchev–Trinajstić information content (AvgIpc) is 2.78. The fraction of sp³-hybridized carbons (Fsp3) is 0.0952. The molecule has 2 aromatic heterocycles. The number of rotatable bonds is 7. The van der Waals surface area contributed by atoms with Crippen molar-refractivity contribution in [2.45, 2.75) is 4.90 Å². The van der Waals surface area contributed by atoms with E-state index in [1.54, 1.807) is 30.5 Å². The lowest BCUT2D eigenvalue weighted by atomic mass is 10.2. The third-order valence-corrected chi connectivity index (χ3v) is 6.07. The first-order valence-electron chi connectivity index (χ1n) is 9.29. The van der Waals surface area contributed by atoms with Crippen LogP contribution in [0.4, 0.5) is 17.2 Å². The zero-order valence-electron chi connectivity index (χ0n) is 17.0. The molecule has 0 unspecified atom stereocenters. The normalized spacial score (nSPS) is 11.2. The Morgan fingerprint density at radius 3 is 2.44 bits per heavy atom. The van der Waals surface area contributed by atoms with Crippen LogP contribution in [0.3, 0.4) is 0 Å². The van der Waals surface area contributed by atoms with Gasteiger partial charge in [-0.15, -0.1) is 0 Å². The molecule has 0 spiro atoms. The van der Waals surface area contributed by atoms with Gasteiger partial charge in [-0.25, -0.2) is 8.42 Å². The summed E-state index contributed by atoms with van der Waals surface area (Å²) in [5.74, 6) is 0.192. The monoisotopic (exact) mass is 471 g/mol. The van der Waals surface area contributed by atoms with Crippen LogP contribution in [0, 0.1) is 0 Å². The number of pyridine rings is 1. The molecule has 0 amide bonds. The molecule has 0 saturated heterocycles. The molecule has 0 aliphatic heterocycles. The molecule has 0 fully saturated rings. The second-order valence-electron chi connectivity index (χ2n) is 6.56. The van der Waals surface area contributed by atoms with E-state index in [4.69, 9.17) is 21.1 Å². The smallest absolute Gasteiger partial charge is 0.321 e. The maximum Gasteiger partial charge on any atom is 0.321 e. The van der Waals surface area contributed by atoms with Gasteiger partial charge in [0.2, 0.25) is 5.88 Å². The Labute approximate surface area is 189 Å². The van der Waals surface area contributed by atoms with Gasteiger partial charge in [-0.3, -0.25) is 9.71 Å². The SMILES string of the molecule is COc1cc(NS(=O)(=O)c2ccc(Nc3ccnc4cc(Cl)ccc34)cc2)nc(OC)n1. The number of methoxy groups -OCH3 is 2. The molecule has 0 atom stereocenters. The van der Waals surface area contributed by atoms with E-state index < -0.39 is 10.0 Å². The molecule has 4 aromatic rings. The van der Waals surface area contributed by atoms with Crippen molar-refractivity contribution in [3.05, 3.63) is 65.8 Å². The first kappa shape index (κ1) is 21.6. The number of sulfonamides is 1. The van der Waals surface area contributed by atoms with Crippen LogP contribution < -0.4 is 19.5 Å². The highest BCUT2D eigenvalue weighted by Crippen LogP contribution is 2.28. The molecule has 4 rings (SSSR count). The molecule has 0 saturated carbocycles. The van der Waals surface area contributed by atoms with Crippen LogP contribution in [0.25, 0.3) is 10.9 Å². The summed E-state index contributed by atoms with van der Waals surface area (Å²) in [7, 11) is -1.11. The molecule has 2 heterocycles. The number of ether oxygens (including phenoxy) is 2. The van der Waals surface area contributed by atoms with Gasteiger partial charge in [0.15, 0.2) is 5.82 Å². The van der Waals surface area contributed by atoms with Gasteiger partial charge in [0.25, 0.3) is 10.0 Å². The van der Waals surface area contributed by atoms with Crippen LogP contribution in [-0.4, -0.2) is 37.6 Å². The molecule has 0 aliphatic rings. The molecule has 2 N–H and O–H groups in total. The van der Waals surface area contributed by atoms with Crippen LogP contribution in [0.5, 0.6) is 11.9 Å². The molecular formula is C21H18ClN5O4S. The van der Waals surface area contributed by atoms with Crippen molar-refractivity contribution in [3.63, 3.8) is 0 Å². The van der Waals surface area contributed by atoms with Crippen molar-refractivity contribution >= 4 is 49.7 Å². The summed E-state index contributed by atoms with van der Waals surface area (Å²) in [6.07, 6.45) is 1.67. The number of anilines is 3. The lowest BCUT2D eigenvalue weighted by Crippen LogP contribution is -2.14. The fourth-order valence-corrected chi connectivity index (χ4v) is 4.11. The Morgan fingerprint density at radius 1 is 0.938 bits per heavy atom. The number of hydrogen-bond acceptors (Lipinski definition) is 8. The molecular weight excluding hydrogens is 454 g/mol. The Morgan fingerprint density at radius 2 is 1.72 bits per heavy atom. The number of halogens is 1. The summed E-state index contributed by atoms with van der Waals surface area (Å²) in [6.45, 7) is 0. The topological polar surface area (TPSA) is 115 Å². The quantitative estimate of drug-likeness (QED) is 0.411. The van der Waals surface area contributed by atoms with Crippen molar-refractivity contribution in [3.8, 4) is 11.9 Å². The molecule has 0 bridgehead atoms. The van der Waals surface area contributed by atoms with E-state index in [1.165, 1.54) is 32.4 Å². The minimum absolute atomic E-state index is 0.0209. The van der Waals surface area contributed by atoms with E-state index in [0.717, 1.165) is 16.6 Å². The minimum Gasteiger partial charge on any atom is -0.481 e. The lowest BCUT2D eigenvalue weighted by molar-refractivity contribution is 0.353. The van der Waals surface area contributed by atoms with E-state index in [-0.39, 0.29) is 22.6 Å². The van der Waals surface area contributed by atoms with Gasteiger partial charge < -0.3 is 14.8 Å². The van der Waals surface area contributed by atoms with Crippen LogP contribution >= 0.6 is 11.6 Å². The van der Waals surface area contributed by atoms with Crippen LogP contribution in [0.1, 0.15) is 0 Å². The first-order valence-corrected chi connectivity index (χ1v) is 11.2. The number of nitrogens with zero attached hydrogens (tertiary/aromatic N) is 3. The minimum atomic E-state index is -3.90. The van der Waals surface area contributed by atoms with E-state index in [2.05, 4.69) is 25.0 Å². The van der Waals surface area contributed by atoms with Crippen molar-refractivity contribution in [1.82, 2.24) is 15.0 Å². The predicted octanol–water partition coefficient (Wildman–Crippen LogP) is 4.24. The van der Waals surface area contributed by atoms with Crippen LogP contribution in [-0.2, 0) is 10.0 Å². The Balaban J connectivity index is 1.56. The number of hydrogen-bond donors (Lipinski definition) is 2. The van der Waals surface area contributed by atoms with E-state index in [0.29, 0.717) is 10.7 Å². The summed E-state index contributed by atoms with van der Waals surface area (Å²) >= 11 is 6.04. The summed E-state index contributed by atoms with van der Waals surface area (Å²) in [6, 6.07) is 14.9. The second-order valence-corrected chi connectivity index (χ2v) is 8.68. The van der Waals surface area contributed by atoms with Gasteiger partial charge in [-0.1, -0.05) is 11.6 Å². The number of nitrogens with one attached hydrogen (secondary N) is 2. The highest BCUT2D eigenvalue weighted by Gasteiger charge is 2.17. The zero-order chi connectivity index (χ0) is 22.7. The first-order chi connectivity index (χ1) is 15.4. The van der Waals surface area contributed by atoms with E-state index in [1.807, 2.05) is 12.1 Å². The van der Waals surface area contributed by atoms with Crippen molar-refractivity contribution < 1.29 is 17.9 Å². The lowest BCUT2D eigenvalue weighted by Gasteiger charge is -2.12. The Bertz CT molecular complexity index is 1360. The second kappa shape index (κ2) is 8.85. The molecule has 11 heteroatoms. The van der Waals surface area contributed by atoms with Crippen molar-refractivity contribution in [1.29, 1.82) is 0 Å². The summed E-state index contributed by atoms with van der Waals surface area (Å²) in [5.41, 5.74) is 2.28. The number of fused-ring (bicyclic) bond motifs is 1. The van der Waals surface area contributed by atoms with Gasteiger partial charge in [0.1, 0.15) is 0 Å². The summed E-state index contributed by atoms with van der Waals surface area (Å²) < 4.78 is 38.0. The van der Waals surface area contributed by atoms with Crippen molar-refractivity contribution in [2.24, 2.45) is 0 Å². The average molecular weight is 472 g/mol. The highest BCUT2D eigenvalue weighted by atomic mass is 35.5.